The van der Waals surface area contributed by atoms with Gasteiger partial charge in [-0.05, 0) is 48.0 Å². The lowest BCUT2D eigenvalue weighted by Gasteiger charge is -2.14. The van der Waals surface area contributed by atoms with Crippen molar-refractivity contribution in [3.05, 3.63) is 85.3 Å². The smallest absolute Gasteiger partial charge is 0.326 e. The van der Waals surface area contributed by atoms with E-state index in [0.717, 1.165) is 6.07 Å². The van der Waals surface area contributed by atoms with Gasteiger partial charge < -0.3 is 16.0 Å². The first-order valence-corrected chi connectivity index (χ1v) is 13.5. The van der Waals surface area contributed by atoms with Crippen molar-refractivity contribution in [1.29, 1.82) is 0 Å². The lowest BCUT2D eigenvalue weighted by Crippen LogP contribution is -2.30. The zero-order valence-electron chi connectivity index (χ0n) is 20.1. The zero-order chi connectivity index (χ0) is 31.3. The van der Waals surface area contributed by atoms with E-state index in [4.69, 9.17) is 69.6 Å². The molecule has 0 bridgehead atoms. The number of carbonyl (C=O) groups is 3. The molecule has 42 heavy (non-hydrogen) atoms. The highest BCUT2D eigenvalue weighted by molar-refractivity contribution is 6.54. The monoisotopic (exact) mass is 707 g/mol. The molecule has 222 valence electrons. The summed E-state index contributed by atoms with van der Waals surface area (Å²) in [6.07, 6.45) is -5.36. The van der Waals surface area contributed by atoms with Crippen molar-refractivity contribution in [3.63, 3.8) is 0 Å². The van der Waals surface area contributed by atoms with E-state index in [-0.39, 0.29) is 31.3 Å². The van der Waals surface area contributed by atoms with Crippen LogP contribution in [0.15, 0.2) is 42.5 Å². The van der Waals surface area contributed by atoms with Gasteiger partial charge in [-0.25, -0.2) is 8.78 Å². The minimum absolute atomic E-state index is 0.00337. The number of benzene rings is 3. The topological polar surface area (TPSA) is 87.3 Å². The highest BCUT2D eigenvalue weighted by Crippen LogP contribution is 2.65. The second-order valence-corrected chi connectivity index (χ2v) is 11.8. The summed E-state index contributed by atoms with van der Waals surface area (Å²) in [5, 5.41) is 5.74. The fourth-order valence-corrected chi connectivity index (χ4v) is 5.60. The Morgan fingerprint density at radius 3 is 2.02 bits per heavy atom. The summed E-state index contributed by atoms with van der Waals surface area (Å²) in [6.45, 7) is 0. The van der Waals surface area contributed by atoms with Gasteiger partial charge in [0, 0.05) is 11.6 Å². The maximum atomic E-state index is 14.8. The third-order valence-corrected chi connectivity index (χ3v) is 8.48. The first kappa shape index (κ1) is 32.4. The van der Waals surface area contributed by atoms with Crippen LogP contribution in [0, 0.1) is 17.6 Å². The fourth-order valence-electron chi connectivity index (χ4n) is 3.96. The maximum absolute atomic E-state index is 14.8. The molecule has 3 aromatic carbocycles. The van der Waals surface area contributed by atoms with Gasteiger partial charge in [0.2, 0.25) is 5.91 Å². The summed E-state index contributed by atoms with van der Waals surface area (Å²) >= 11 is 36.9. The number of halogens is 11. The van der Waals surface area contributed by atoms with E-state index in [2.05, 4.69) is 5.32 Å². The van der Waals surface area contributed by atoms with Crippen LogP contribution < -0.4 is 16.0 Å². The van der Waals surface area contributed by atoms with Crippen LogP contribution in [-0.4, -0.2) is 28.2 Å². The Bertz CT molecular complexity index is 1610. The first-order chi connectivity index (χ1) is 19.4. The molecule has 0 saturated heterocycles. The van der Waals surface area contributed by atoms with Crippen LogP contribution in [0.4, 0.5) is 39.0 Å². The number of rotatable bonds is 6. The minimum Gasteiger partial charge on any atom is -0.326 e. The van der Waals surface area contributed by atoms with Gasteiger partial charge in [-0.3, -0.25) is 14.4 Å². The van der Waals surface area contributed by atoms with E-state index in [1.807, 2.05) is 5.32 Å². The Hall–Kier alpha value is -2.54. The summed E-state index contributed by atoms with van der Waals surface area (Å²) in [5.41, 5.74) is -2.16. The number of carbonyl (C=O) groups excluding carboxylic acids is 3. The molecule has 17 heteroatoms. The van der Waals surface area contributed by atoms with E-state index in [1.165, 1.54) is 29.6 Å². The number of anilines is 3. The largest absolute Gasteiger partial charge is 0.471 e. The lowest BCUT2D eigenvalue weighted by molar-refractivity contribution is -0.167. The Labute approximate surface area is 263 Å². The molecule has 0 spiro atoms. The molecule has 2 atom stereocenters. The van der Waals surface area contributed by atoms with Gasteiger partial charge in [-0.15, -0.1) is 23.2 Å². The van der Waals surface area contributed by atoms with Crippen LogP contribution in [0.5, 0.6) is 0 Å². The van der Waals surface area contributed by atoms with E-state index in [0.29, 0.717) is 17.7 Å². The second-order valence-electron chi connectivity index (χ2n) is 8.80. The molecule has 0 aliphatic heterocycles. The van der Waals surface area contributed by atoms with E-state index in [1.54, 1.807) is 0 Å². The summed E-state index contributed by atoms with van der Waals surface area (Å²) in [6, 6.07) is 7.55. The molecular formula is C25H12Cl6F5N3O3. The predicted octanol–water partition coefficient (Wildman–Crippen LogP) is 8.86. The van der Waals surface area contributed by atoms with Crippen molar-refractivity contribution >= 4 is 104 Å². The molecule has 4 rings (SSSR count). The van der Waals surface area contributed by atoms with Crippen LogP contribution in [-0.2, 0) is 9.59 Å². The number of alkyl halides is 5. The number of nitrogens with one attached hydrogen (secondary N) is 3. The van der Waals surface area contributed by atoms with Crippen molar-refractivity contribution in [1.82, 2.24) is 0 Å². The average molecular weight is 710 g/mol. The molecule has 1 aliphatic rings. The molecule has 3 amide bonds. The van der Waals surface area contributed by atoms with Crippen LogP contribution >= 0.6 is 69.6 Å². The normalized spacial score (nSPS) is 17.4. The Morgan fingerprint density at radius 2 is 1.43 bits per heavy atom. The minimum atomic E-state index is -5.36. The molecule has 6 nitrogen and oxygen atoms in total. The molecule has 3 aromatic rings. The molecule has 1 fully saturated rings. The highest BCUT2D eigenvalue weighted by atomic mass is 35.5. The Kier molecular flexibility index (Phi) is 9.14. The molecule has 0 aromatic heterocycles. The molecule has 1 saturated carbocycles. The van der Waals surface area contributed by atoms with E-state index < -0.39 is 63.1 Å². The highest BCUT2D eigenvalue weighted by Gasteiger charge is 2.67. The molecule has 0 heterocycles. The van der Waals surface area contributed by atoms with Gasteiger partial charge in [0.1, 0.15) is 15.8 Å². The van der Waals surface area contributed by atoms with Gasteiger partial charge in [0.05, 0.1) is 37.3 Å². The quantitative estimate of drug-likeness (QED) is 0.136. The van der Waals surface area contributed by atoms with Crippen LogP contribution in [0.3, 0.4) is 0 Å². The van der Waals surface area contributed by atoms with Crippen molar-refractivity contribution in [2.24, 2.45) is 5.92 Å². The molecular weight excluding hydrogens is 698 g/mol. The summed E-state index contributed by atoms with van der Waals surface area (Å²) < 4.78 is 65.2. The van der Waals surface area contributed by atoms with Gasteiger partial charge in [-0.1, -0.05) is 46.4 Å². The van der Waals surface area contributed by atoms with Gasteiger partial charge in [0.15, 0.2) is 5.82 Å². The van der Waals surface area contributed by atoms with Crippen molar-refractivity contribution in [2.75, 3.05) is 16.0 Å². The van der Waals surface area contributed by atoms with Crippen LogP contribution in [0.1, 0.15) is 21.8 Å². The Balaban J connectivity index is 1.53. The summed E-state index contributed by atoms with van der Waals surface area (Å²) in [5.74, 6) is -9.19. The molecule has 0 radical (unpaired) electrons. The summed E-state index contributed by atoms with van der Waals surface area (Å²) in [4.78, 5) is 37.1. The van der Waals surface area contributed by atoms with Crippen molar-refractivity contribution < 1.29 is 36.3 Å². The summed E-state index contributed by atoms with van der Waals surface area (Å²) in [7, 11) is 0. The number of amides is 3. The standard InChI is InChI=1S/C25H12Cl6F5N3O3/c26-11-2-1-9(37-22(41)17-16(24(17,30)31)8-5-12(27)18(29)13(28)6-8)7-10(11)21(40)39-20-14(32)3-4-15(19(20)33)38-23(42)25(34,35)36/h1-7,16-17H,(H,37,41)(H,38,42)(H,39,40)/t16-,17+/m0/s1. The van der Waals surface area contributed by atoms with Crippen molar-refractivity contribution in [2.45, 2.75) is 16.4 Å². The predicted molar refractivity (Wildman–Crippen MR) is 151 cm³/mol. The third-order valence-electron chi connectivity index (χ3n) is 6.02. The maximum Gasteiger partial charge on any atom is 0.471 e. The molecule has 1 aliphatic carbocycles. The van der Waals surface area contributed by atoms with Gasteiger partial charge in [-0.2, -0.15) is 13.2 Å². The van der Waals surface area contributed by atoms with Crippen LogP contribution in [0.2, 0.25) is 20.1 Å². The molecule has 3 N–H and O–H groups in total. The SMILES string of the molecule is O=C(Nc1c(F)ccc(NC(=O)C(F)(F)F)c1F)c1cc(NC(=O)[C@H]2[C@H](c3cc(Cl)c(Cl)c(Cl)c3)C2(Cl)Cl)ccc1Cl. The first-order valence-electron chi connectivity index (χ1n) is 11.2. The fraction of sp³-hybridized carbons (Fsp3) is 0.160. The van der Waals surface area contributed by atoms with E-state index in [9.17, 15) is 36.3 Å². The average Bonchev–Trinajstić information content (AvgIpc) is 3.48. The number of hydrogen-bond donors (Lipinski definition) is 3. The van der Waals surface area contributed by atoms with Crippen molar-refractivity contribution in [3.8, 4) is 0 Å². The molecule has 0 unspecified atom stereocenters. The second kappa shape index (κ2) is 11.9. The lowest BCUT2D eigenvalue weighted by atomic mass is 10.1. The van der Waals surface area contributed by atoms with Gasteiger partial charge >= 0.3 is 12.1 Å². The van der Waals surface area contributed by atoms with E-state index >= 15 is 0 Å². The van der Waals surface area contributed by atoms with Crippen LogP contribution in [0.25, 0.3) is 0 Å². The van der Waals surface area contributed by atoms with Gasteiger partial charge in [0.25, 0.3) is 5.91 Å². The zero-order valence-corrected chi connectivity index (χ0v) is 24.6. The number of hydrogen-bond acceptors (Lipinski definition) is 3. The third kappa shape index (κ3) is 6.51. The Morgan fingerprint density at radius 1 is 0.810 bits per heavy atom.